The first-order valence-corrected chi connectivity index (χ1v) is 10.5. The van der Waals surface area contributed by atoms with Crippen molar-refractivity contribution in [1.82, 2.24) is 4.31 Å². The molecule has 0 atom stereocenters. The number of halogens is 2. The van der Waals surface area contributed by atoms with Gasteiger partial charge >= 0.3 is 0 Å². The Morgan fingerprint density at radius 1 is 1.07 bits per heavy atom. The first kappa shape index (κ1) is 21.1. The number of nitrogens with zero attached hydrogens (tertiary/aromatic N) is 1. The van der Waals surface area contributed by atoms with E-state index in [1.54, 1.807) is 24.3 Å². The quantitative estimate of drug-likeness (QED) is 0.750. The van der Waals surface area contributed by atoms with E-state index in [0.29, 0.717) is 17.3 Å². The molecule has 0 unspecified atom stereocenters. The molecule has 0 radical (unpaired) electrons. The molecular weight excluding hydrogens is 402 g/mol. The lowest BCUT2D eigenvalue weighted by atomic mass is 9.97. The zero-order valence-corrected chi connectivity index (χ0v) is 16.5. The Hall–Kier alpha value is -2.65. The standard InChI is InChI=1S/C20H20F2N2O4S/c1-13(25)16-4-2-3-5-18(16)23-20(26)14-8-10-24(11-9-14)29(27,28)19-12-15(21)6-7-17(19)22/h2-7,12,14H,8-11H2,1H3,(H,23,26). The molecule has 6 nitrogen and oxygen atoms in total. The molecule has 0 aliphatic carbocycles. The lowest BCUT2D eigenvalue weighted by Gasteiger charge is -2.30. The number of nitrogens with one attached hydrogen (secondary N) is 1. The second-order valence-corrected chi connectivity index (χ2v) is 8.75. The fourth-order valence-corrected chi connectivity index (χ4v) is 4.85. The Bertz CT molecular complexity index is 1050. The number of hydrogen-bond donors (Lipinski definition) is 1. The molecule has 1 heterocycles. The SMILES string of the molecule is CC(=O)c1ccccc1NC(=O)C1CCN(S(=O)(=O)c2cc(F)ccc2F)CC1. The summed E-state index contributed by atoms with van der Waals surface area (Å²) in [4.78, 5) is 23.5. The van der Waals surface area contributed by atoms with Crippen molar-refractivity contribution < 1.29 is 26.8 Å². The average Bonchev–Trinajstić information content (AvgIpc) is 2.70. The number of para-hydroxylation sites is 1. The van der Waals surface area contributed by atoms with Gasteiger partial charge in [-0.3, -0.25) is 9.59 Å². The predicted molar refractivity (Wildman–Crippen MR) is 103 cm³/mol. The van der Waals surface area contributed by atoms with Crippen molar-refractivity contribution >= 4 is 27.4 Å². The van der Waals surface area contributed by atoms with E-state index >= 15 is 0 Å². The molecule has 29 heavy (non-hydrogen) atoms. The van der Waals surface area contributed by atoms with E-state index in [0.717, 1.165) is 16.4 Å². The van der Waals surface area contributed by atoms with Crippen LogP contribution in [0.5, 0.6) is 0 Å². The second kappa shape index (κ2) is 8.38. The van der Waals surface area contributed by atoms with Gasteiger partial charge in [-0.05, 0) is 50.1 Å². The summed E-state index contributed by atoms with van der Waals surface area (Å²) in [5, 5.41) is 2.73. The molecule has 1 aliphatic heterocycles. The van der Waals surface area contributed by atoms with Gasteiger partial charge in [0, 0.05) is 24.6 Å². The monoisotopic (exact) mass is 422 g/mol. The lowest BCUT2D eigenvalue weighted by Crippen LogP contribution is -2.41. The molecule has 2 aromatic rings. The Morgan fingerprint density at radius 3 is 2.38 bits per heavy atom. The maximum absolute atomic E-state index is 13.9. The molecule has 0 aromatic heterocycles. The van der Waals surface area contributed by atoms with Gasteiger partial charge in [-0.25, -0.2) is 17.2 Å². The van der Waals surface area contributed by atoms with Gasteiger partial charge in [0.15, 0.2) is 5.78 Å². The number of carbonyl (C=O) groups is 2. The van der Waals surface area contributed by atoms with E-state index < -0.39 is 32.5 Å². The van der Waals surface area contributed by atoms with Gasteiger partial charge in [0.25, 0.3) is 0 Å². The highest BCUT2D eigenvalue weighted by atomic mass is 32.2. The van der Waals surface area contributed by atoms with Crippen LogP contribution in [0.15, 0.2) is 47.4 Å². The van der Waals surface area contributed by atoms with E-state index in [1.165, 1.54) is 6.92 Å². The van der Waals surface area contributed by atoms with Gasteiger partial charge in [-0.2, -0.15) is 4.31 Å². The largest absolute Gasteiger partial charge is 0.325 e. The van der Waals surface area contributed by atoms with Gasteiger partial charge in [0.1, 0.15) is 16.5 Å². The number of benzene rings is 2. The molecule has 9 heteroatoms. The molecule has 1 amide bonds. The van der Waals surface area contributed by atoms with Gasteiger partial charge < -0.3 is 5.32 Å². The smallest absolute Gasteiger partial charge is 0.246 e. The predicted octanol–water partition coefficient (Wildman–Crippen LogP) is 3.21. The Morgan fingerprint density at radius 2 is 1.72 bits per heavy atom. The number of sulfonamides is 1. The van der Waals surface area contributed by atoms with Crippen molar-refractivity contribution in [3.8, 4) is 0 Å². The van der Waals surface area contributed by atoms with Crippen LogP contribution in [-0.4, -0.2) is 37.5 Å². The third-order valence-corrected chi connectivity index (χ3v) is 6.81. The van der Waals surface area contributed by atoms with Gasteiger partial charge in [0.05, 0.1) is 5.69 Å². The summed E-state index contributed by atoms with van der Waals surface area (Å²) >= 11 is 0. The zero-order chi connectivity index (χ0) is 21.2. The molecule has 1 saturated heterocycles. The maximum atomic E-state index is 13.9. The topological polar surface area (TPSA) is 83.6 Å². The van der Waals surface area contributed by atoms with Crippen LogP contribution in [0.4, 0.5) is 14.5 Å². The minimum atomic E-state index is -4.20. The number of carbonyl (C=O) groups excluding carboxylic acids is 2. The van der Waals surface area contributed by atoms with Crippen LogP contribution in [0, 0.1) is 17.6 Å². The van der Waals surface area contributed by atoms with Crippen LogP contribution >= 0.6 is 0 Å². The van der Waals surface area contributed by atoms with E-state index in [-0.39, 0.29) is 37.6 Å². The number of Topliss-reactive ketones (excluding diaryl/α,β-unsaturated/α-hetero) is 1. The van der Waals surface area contributed by atoms with Crippen LogP contribution in [-0.2, 0) is 14.8 Å². The van der Waals surface area contributed by atoms with E-state index in [9.17, 15) is 26.8 Å². The molecule has 0 saturated carbocycles. The van der Waals surface area contributed by atoms with Crippen LogP contribution in [0.3, 0.4) is 0 Å². The van der Waals surface area contributed by atoms with E-state index in [2.05, 4.69) is 5.32 Å². The van der Waals surface area contributed by atoms with Crippen molar-refractivity contribution in [3.05, 3.63) is 59.7 Å². The van der Waals surface area contributed by atoms with Crippen LogP contribution < -0.4 is 5.32 Å². The Balaban J connectivity index is 1.68. The summed E-state index contributed by atoms with van der Waals surface area (Å²) in [5.74, 6) is -2.82. The zero-order valence-electron chi connectivity index (χ0n) is 15.7. The van der Waals surface area contributed by atoms with Crippen LogP contribution in [0.1, 0.15) is 30.1 Å². The summed E-state index contributed by atoms with van der Waals surface area (Å²) < 4.78 is 53.6. The van der Waals surface area contributed by atoms with Gasteiger partial charge in [0.2, 0.25) is 15.9 Å². The molecule has 0 bridgehead atoms. The summed E-state index contributed by atoms with van der Waals surface area (Å²) in [5.41, 5.74) is 0.796. The molecule has 0 spiro atoms. The van der Waals surface area contributed by atoms with Crippen LogP contribution in [0.25, 0.3) is 0 Å². The molecule has 1 aliphatic rings. The molecule has 154 valence electrons. The molecule has 3 rings (SSSR count). The Labute approximate surface area is 167 Å². The third-order valence-electron chi connectivity index (χ3n) is 4.90. The van der Waals surface area contributed by atoms with Crippen molar-refractivity contribution in [2.75, 3.05) is 18.4 Å². The Kier molecular flexibility index (Phi) is 6.09. The average molecular weight is 422 g/mol. The minimum absolute atomic E-state index is 0.00469. The summed E-state index contributed by atoms with van der Waals surface area (Å²) in [7, 11) is -4.20. The van der Waals surface area contributed by atoms with Crippen molar-refractivity contribution in [2.24, 2.45) is 5.92 Å². The van der Waals surface area contributed by atoms with Gasteiger partial charge in [-0.15, -0.1) is 0 Å². The fourth-order valence-electron chi connectivity index (χ4n) is 3.31. The number of hydrogen-bond acceptors (Lipinski definition) is 4. The number of ketones is 1. The molecule has 2 aromatic carbocycles. The van der Waals surface area contributed by atoms with Crippen molar-refractivity contribution in [1.29, 1.82) is 0 Å². The second-order valence-electron chi connectivity index (χ2n) is 6.84. The number of amides is 1. The highest BCUT2D eigenvalue weighted by Crippen LogP contribution is 2.27. The molecule has 1 fully saturated rings. The van der Waals surface area contributed by atoms with Crippen LogP contribution in [0.2, 0.25) is 0 Å². The normalized spacial score (nSPS) is 15.8. The summed E-state index contributed by atoms with van der Waals surface area (Å²) in [6.45, 7) is 1.41. The summed E-state index contributed by atoms with van der Waals surface area (Å²) in [6.07, 6.45) is 0.453. The first-order chi connectivity index (χ1) is 13.7. The minimum Gasteiger partial charge on any atom is -0.325 e. The number of anilines is 1. The maximum Gasteiger partial charge on any atom is 0.246 e. The molecule has 1 N–H and O–H groups in total. The lowest BCUT2D eigenvalue weighted by molar-refractivity contribution is -0.120. The fraction of sp³-hybridized carbons (Fsp3) is 0.300. The van der Waals surface area contributed by atoms with Crippen molar-refractivity contribution in [3.63, 3.8) is 0 Å². The first-order valence-electron chi connectivity index (χ1n) is 9.06. The number of rotatable bonds is 5. The highest BCUT2D eigenvalue weighted by molar-refractivity contribution is 7.89. The number of piperidine rings is 1. The summed E-state index contributed by atoms with van der Waals surface area (Å²) in [6, 6.07) is 8.91. The van der Waals surface area contributed by atoms with Gasteiger partial charge in [-0.1, -0.05) is 12.1 Å². The third kappa shape index (κ3) is 4.51. The molecular formula is C20H20F2N2O4S. The van der Waals surface area contributed by atoms with E-state index in [4.69, 9.17) is 0 Å². The van der Waals surface area contributed by atoms with E-state index in [1.807, 2.05) is 0 Å². The van der Waals surface area contributed by atoms with Crippen molar-refractivity contribution in [2.45, 2.75) is 24.7 Å². The highest BCUT2D eigenvalue weighted by Gasteiger charge is 2.34.